The Kier molecular flexibility index (Phi) is 5.70. The van der Waals surface area contributed by atoms with Gasteiger partial charge in [0.2, 0.25) is 0 Å². The van der Waals surface area contributed by atoms with Gasteiger partial charge >= 0.3 is 0 Å². The molecule has 0 bridgehead atoms. The second kappa shape index (κ2) is 7.08. The fourth-order valence-corrected chi connectivity index (χ4v) is 4.25. The van der Waals surface area contributed by atoms with E-state index in [0.717, 1.165) is 18.4 Å². The predicted molar refractivity (Wildman–Crippen MR) is 83.2 cm³/mol. The summed E-state index contributed by atoms with van der Waals surface area (Å²) in [7, 11) is 0. The van der Waals surface area contributed by atoms with Crippen LogP contribution in [-0.2, 0) is 0 Å². The highest BCUT2D eigenvalue weighted by molar-refractivity contribution is 4.94. The minimum absolute atomic E-state index is 0.350. The summed E-state index contributed by atoms with van der Waals surface area (Å²) in [6.07, 6.45) is 12.5. The number of hydrogen-bond donors (Lipinski definition) is 1. The van der Waals surface area contributed by atoms with Crippen LogP contribution in [0.4, 0.5) is 0 Å². The summed E-state index contributed by atoms with van der Waals surface area (Å²) in [5.74, 6) is 1.80. The van der Waals surface area contributed by atoms with Gasteiger partial charge in [0.1, 0.15) is 0 Å². The van der Waals surface area contributed by atoms with Crippen molar-refractivity contribution in [3.05, 3.63) is 0 Å². The van der Waals surface area contributed by atoms with Crippen molar-refractivity contribution < 1.29 is 0 Å². The van der Waals surface area contributed by atoms with E-state index >= 15 is 0 Å². The summed E-state index contributed by atoms with van der Waals surface area (Å²) in [5.41, 5.74) is 6.59. The minimum atomic E-state index is 0.350. The highest BCUT2D eigenvalue weighted by Gasteiger charge is 2.37. The van der Waals surface area contributed by atoms with Gasteiger partial charge in [-0.2, -0.15) is 0 Å². The first-order valence-corrected chi connectivity index (χ1v) is 8.63. The number of nitrogens with zero attached hydrogens (tertiary/aromatic N) is 1. The maximum absolute atomic E-state index is 6.24. The van der Waals surface area contributed by atoms with Crippen molar-refractivity contribution in [1.29, 1.82) is 0 Å². The number of hydrogen-bond acceptors (Lipinski definition) is 2. The smallest absolute Gasteiger partial charge is 0.0331 e. The van der Waals surface area contributed by atoms with Gasteiger partial charge in [-0.15, -0.1) is 0 Å². The molecule has 2 N–H and O–H groups in total. The molecule has 0 spiro atoms. The molecule has 2 rings (SSSR count). The van der Waals surface area contributed by atoms with Crippen LogP contribution < -0.4 is 5.73 Å². The fourth-order valence-electron chi connectivity index (χ4n) is 4.25. The van der Waals surface area contributed by atoms with Crippen LogP contribution in [0.25, 0.3) is 0 Å². The second-order valence-corrected chi connectivity index (χ2v) is 7.26. The Balaban J connectivity index is 1.96. The maximum Gasteiger partial charge on any atom is 0.0331 e. The first kappa shape index (κ1) is 15.3. The number of likely N-dealkylation sites (tertiary alicyclic amines) is 1. The molecule has 2 nitrogen and oxygen atoms in total. The molecule has 1 heterocycles. The fraction of sp³-hybridized carbons (Fsp3) is 1.00. The van der Waals surface area contributed by atoms with Crippen LogP contribution in [0.3, 0.4) is 0 Å². The van der Waals surface area contributed by atoms with Crippen molar-refractivity contribution in [2.75, 3.05) is 19.6 Å². The van der Waals surface area contributed by atoms with E-state index in [1.807, 2.05) is 0 Å². The molecule has 0 atom stereocenters. The van der Waals surface area contributed by atoms with Crippen molar-refractivity contribution in [2.45, 2.75) is 77.2 Å². The van der Waals surface area contributed by atoms with Gasteiger partial charge in [-0.1, -0.05) is 46.0 Å². The average molecular weight is 266 g/mol. The third-order valence-electron chi connectivity index (χ3n) is 5.82. The van der Waals surface area contributed by atoms with E-state index in [1.54, 1.807) is 0 Å². The van der Waals surface area contributed by atoms with E-state index < -0.39 is 0 Å². The number of rotatable bonds is 3. The lowest BCUT2D eigenvalue weighted by Gasteiger charge is -2.48. The summed E-state index contributed by atoms with van der Waals surface area (Å²) < 4.78 is 0. The summed E-state index contributed by atoms with van der Waals surface area (Å²) >= 11 is 0. The average Bonchev–Trinajstić information content (AvgIpc) is 2.39. The third-order valence-corrected chi connectivity index (χ3v) is 5.82. The standard InChI is InChI=1S/C17H34N2/c1-15(2)16-8-12-19(13-9-16)17(14-18)10-6-4-3-5-7-11-17/h15-16H,3-14,18H2,1-2H3. The van der Waals surface area contributed by atoms with Crippen LogP contribution >= 0.6 is 0 Å². The SMILES string of the molecule is CC(C)C1CCN(C2(CN)CCCCCCC2)CC1. The molecule has 112 valence electrons. The topological polar surface area (TPSA) is 29.3 Å². The van der Waals surface area contributed by atoms with Crippen molar-refractivity contribution >= 4 is 0 Å². The highest BCUT2D eigenvalue weighted by atomic mass is 15.2. The van der Waals surface area contributed by atoms with E-state index in [4.69, 9.17) is 5.73 Å². The largest absolute Gasteiger partial charge is 0.329 e. The molecule has 1 aliphatic carbocycles. The maximum atomic E-state index is 6.24. The van der Waals surface area contributed by atoms with Crippen LogP contribution in [0, 0.1) is 11.8 Å². The first-order valence-electron chi connectivity index (χ1n) is 8.63. The molecule has 2 heteroatoms. The van der Waals surface area contributed by atoms with Gasteiger partial charge in [-0.25, -0.2) is 0 Å². The summed E-state index contributed by atoms with van der Waals surface area (Å²) in [4.78, 5) is 2.78. The van der Waals surface area contributed by atoms with Crippen molar-refractivity contribution in [3.63, 3.8) is 0 Å². The summed E-state index contributed by atoms with van der Waals surface area (Å²) in [5, 5.41) is 0. The van der Waals surface area contributed by atoms with E-state index in [9.17, 15) is 0 Å². The number of piperidine rings is 1. The third kappa shape index (κ3) is 3.72. The van der Waals surface area contributed by atoms with Gasteiger partial charge in [0, 0.05) is 12.1 Å². The Hall–Kier alpha value is -0.0800. The molecule has 1 saturated heterocycles. The Morgan fingerprint density at radius 2 is 1.53 bits per heavy atom. The van der Waals surface area contributed by atoms with Gasteiger partial charge < -0.3 is 5.73 Å². The Bertz CT molecular complexity index is 246. The Labute approximate surface area is 120 Å². The lowest BCUT2D eigenvalue weighted by molar-refractivity contribution is 0.0272. The van der Waals surface area contributed by atoms with Crippen molar-refractivity contribution in [1.82, 2.24) is 4.90 Å². The van der Waals surface area contributed by atoms with Crippen LogP contribution in [0.2, 0.25) is 0 Å². The quantitative estimate of drug-likeness (QED) is 0.842. The van der Waals surface area contributed by atoms with Gasteiger partial charge in [-0.05, 0) is 50.6 Å². The number of nitrogens with two attached hydrogens (primary N) is 1. The van der Waals surface area contributed by atoms with Crippen LogP contribution in [-0.4, -0.2) is 30.1 Å². The predicted octanol–water partition coefficient (Wildman–Crippen LogP) is 3.80. The molecular weight excluding hydrogens is 232 g/mol. The van der Waals surface area contributed by atoms with Gasteiger partial charge in [0.15, 0.2) is 0 Å². The molecule has 2 fully saturated rings. The highest BCUT2D eigenvalue weighted by Crippen LogP contribution is 2.35. The molecular formula is C17H34N2. The van der Waals surface area contributed by atoms with E-state index in [0.29, 0.717) is 5.54 Å². The van der Waals surface area contributed by atoms with Gasteiger partial charge in [0.25, 0.3) is 0 Å². The van der Waals surface area contributed by atoms with E-state index in [1.165, 1.54) is 70.9 Å². The molecule has 0 aromatic heterocycles. The van der Waals surface area contributed by atoms with E-state index in [2.05, 4.69) is 18.7 Å². The molecule has 0 aromatic carbocycles. The van der Waals surface area contributed by atoms with E-state index in [-0.39, 0.29) is 0 Å². The summed E-state index contributed by atoms with van der Waals surface area (Å²) in [6.45, 7) is 8.23. The molecule has 1 saturated carbocycles. The zero-order valence-corrected chi connectivity index (χ0v) is 13.2. The zero-order valence-electron chi connectivity index (χ0n) is 13.2. The minimum Gasteiger partial charge on any atom is -0.329 e. The molecule has 1 aliphatic heterocycles. The molecule has 19 heavy (non-hydrogen) atoms. The first-order chi connectivity index (χ1) is 9.18. The Morgan fingerprint density at radius 1 is 1.00 bits per heavy atom. The van der Waals surface area contributed by atoms with Crippen molar-refractivity contribution in [2.24, 2.45) is 17.6 Å². The lowest BCUT2D eigenvalue weighted by atomic mass is 9.79. The van der Waals surface area contributed by atoms with Gasteiger partial charge in [-0.3, -0.25) is 4.90 Å². The van der Waals surface area contributed by atoms with Crippen LogP contribution in [0.5, 0.6) is 0 Å². The van der Waals surface area contributed by atoms with Crippen LogP contribution in [0.15, 0.2) is 0 Å². The second-order valence-electron chi connectivity index (χ2n) is 7.26. The van der Waals surface area contributed by atoms with Crippen molar-refractivity contribution in [3.8, 4) is 0 Å². The molecule has 0 radical (unpaired) electrons. The molecule has 0 aromatic rings. The van der Waals surface area contributed by atoms with Crippen LogP contribution in [0.1, 0.15) is 71.6 Å². The molecule has 0 amide bonds. The lowest BCUT2D eigenvalue weighted by Crippen LogP contribution is -2.56. The van der Waals surface area contributed by atoms with Gasteiger partial charge in [0.05, 0.1) is 0 Å². The monoisotopic (exact) mass is 266 g/mol. The molecule has 2 aliphatic rings. The Morgan fingerprint density at radius 3 is 2.00 bits per heavy atom. The zero-order chi connectivity index (χ0) is 13.7. The normalized spacial score (nSPS) is 27.2. The molecule has 0 unspecified atom stereocenters. The summed E-state index contributed by atoms with van der Waals surface area (Å²) in [6, 6.07) is 0.